The maximum Gasteiger partial charge on any atom is 0.0287 e. The topological polar surface area (TPSA) is 12.0 Å². The highest BCUT2D eigenvalue weighted by Gasteiger charge is 2.41. The SMILES string of the molecule is CCC1CCC(C(NC)C2(C)CCCS2)CC1. The summed E-state index contributed by atoms with van der Waals surface area (Å²) in [6, 6.07) is 0.743. The Labute approximate surface area is 112 Å². The molecule has 2 heteroatoms. The van der Waals surface area contributed by atoms with E-state index in [0.717, 1.165) is 17.9 Å². The van der Waals surface area contributed by atoms with Gasteiger partial charge in [-0.05, 0) is 57.2 Å². The Morgan fingerprint density at radius 2 is 2.00 bits per heavy atom. The maximum atomic E-state index is 3.67. The van der Waals surface area contributed by atoms with Crippen LogP contribution in [0.5, 0.6) is 0 Å². The van der Waals surface area contributed by atoms with Crippen molar-refractivity contribution < 1.29 is 0 Å². The summed E-state index contributed by atoms with van der Waals surface area (Å²) in [5, 5.41) is 3.67. The monoisotopic (exact) mass is 255 g/mol. The number of nitrogens with one attached hydrogen (secondary N) is 1. The molecule has 1 N–H and O–H groups in total. The molecule has 0 spiro atoms. The lowest BCUT2D eigenvalue weighted by Gasteiger charge is -2.42. The van der Waals surface area contributed by atoms with Gasteiger partial charge in [0.2, 0.25) is 0 Å². The number of thioether (sulfide) groups is 1. The summed E-state index contributed by atoms with van der Waals surface area (Å²) in [5.41, 5.74) is 0. The Morgan fingerprint density at radius 1 is 1.29 bits per heavy atom. The van der Waals surface area contributed by atoms with E-state index in [1.807, 2.05) is 0 Å². The average molecular weight is 255 g/mol. The molecule has 0 aromatic rings. The minimum atomic E-state index is 0.512. The fourth-order valence-corrected chi connectivity index (χ4v) is 5.55. The summed E-state index contributed by atoms with van der Waals surface area (Å²) in [6.45, 7) is 4.85. The van der Waals surface area contributed by atoms with Crippen molar-refractivity contribution in [3.63, 3.8) is 0 Å². The lowest BCUT2D eigenvalue weighted by atomic mass is 9.74. The van der Waals surface area contributed by atoms with Crippen LogP contribution in [0.2, 0.25) is 0 Å². The quantitative estimate of drug-likeness (QED) is 0.812. The zero-order chi connectivity index (χ0) is 12.3. The zero-order valence-corrected chi connectivity index (χ0v) is 12.6. The van der Waals surface area contributed by atoms with Gasteiger partial charge in [-0.15, -0.1) is 0 Å². The standard InChI is InChI=1S/C15H29NS/c1-4-12-6-8-13(9-7-12)14(16-3)15(2)10-5-11-17-15/h12-14,16H,4-11H2,1-3H3. The molecule has 0 radical (unpaired) electrons. The first-order valence-electron chi connectivity index (χ1n) is 7.51. The van der Waals surface area contributed by atoms with E-state index in [4.69, 9.17) is 0 Å². The van der Waals surface area contributed by atoms with Crippen LogP contribution in [-0.2, 0) is 0 Å². The second-order valence-corrected chi connectivity index (χ2v) is 7.85. The third-order valence-corrected chi connectivity index (χ3v) is 6.77. The highest BCUT2D eigenvalue weighted by molar-refractivity contribution is 8.00. The van der Waals surface area contributed by atoms with Crippen LogP contribution in [0.1, 0.15) is 58.8 Å². The molecule has 0 amide bonds. The van der Waals surface area contributed by atoms with Gasteiger partial charge >= 0.3 is 0 Å². The second-order valence-electron chi connectivity index (χ2n) is 6.22. The molecule has 2 aliphatic rings. The molecule has 100 valence electrons. The Bertz CT molecular complexity index is 227. The summed E-state index contributed by atoms with van der Waals surface area (Å²) in [5.74, 6) is 3.32. The zero-order valence-electron chi connectivity index (χ0n) is 11.8. The maximum absolute atomic E-state index is 3.67. The van der Waals surface area contributed by atoms with Gasteiger partial charge in [0.05, 0.1) is 0 Å². The van der Waals surface area contributed by atoms with Gasteiger partial charge in [0.25, 0.3) is 0 Å². The predicted octanol–water partition coefficient (Wildman–Crippen LogP) is 4.08. The van der Waals surface area contributed by atoms with E-state index >= 15 is 0 Å². The molecule has 1 saturated heterocycles. The molecular formula is C15H29NS. The highest BCUT2D eigenvalue weighted by Crippen LogP contribution is 2.45. The van der Waals surface area contributed by atoms with Crippen molar-refractivity contribution in [3.05, 3.63) is 0 Å². The predicted molar refractivity (Wildman–Crippen MR) is 78.7 cm³/mol. The first-order valence-corrected chi connectivity index (χ1v) is 8.49. The summed E-state index contributed by atoms with van der Waals surface area (Å²) in [4.78, 5) is 0. The molecule has 1 heterocycles. The smallest absolute Gasteiger partial charge is 0.0287 e. The Morgan fingerprint density at radius 3 is 2.47 bits per heavy atom. The van der Waals surface area contributed by atoms with E-state index < -0.39 is 0 Å². The van der Waals surface area contributed by atoms with Gasteiger partial charge in [0.15, 0.2) is 0 Å². The Hall–Kier alpha value is 0.310. The fraction of sp³-hybridized carbons (Fsp3) is 1.00. The molecule has 2 rings (SSSR count). The van der Waals surface area contributed by atoms with E-state index in [9.17, 15) is 0 Å². The number of rotatable bonds is 4. The molecular weight excluding hydrogens is 226 g/mol. The van der Waals surface area contributed by atoms with Crippen molar-refractivity contribution in [3.8, 4) is 0 Å². The van der Waals surface area contributed by atoms with Crippen molar-refractivity contribution in [1.82, 2.24) is 5.32 Å². The van der Waals surface area contributed by atoms with Crippen LogP contribution >= 0.6 is 11.8 Å². The Kier molecular flexibility index (Phi) is 4.82. The van der Waals surface area contributed by atoms with E-state index in [-0.39, 0.29) is 0 Å². The van der Waals surface area contributed by atoms with Crippen LogP contribution in [-0.4, -0.2) is 23.6 Å². The van der Waals surface area contributed by atoms with Crippen LogP contribution in [0.15, 0.2) is 0 Å². The molecule has 2 unspecified atom stereocenters. The van der Waals surface area contributed by atoms with Gasteiger partial charge in [0, 0.05) is 10.8 Å². The van der Waals surface area contributed by atoms with Crippen molar-refractivity contribution in [2.24, 2.45) is 11.8 Å². The summed E-state index contributed by atoms with van der Waals surface area (Å²) < 4.78 is 0.512. The first-order chi connectivity index (χ1) is 8.19. The summed E-state index contributed by atoms with van der Waals surface area (Å²) >= 11 is 2.22. The molecule has 17 heavy (non-hydrogen) atoms. The summed E-state index contributed by atoms with van der Waals surface area (Å²) in [7, 11) is 2.18. The average Bonchev–Trinajstić information content (AvgIpc) is 2.78. The van der Waals surface area contributed by atoms with Crippen molar-refractivity contribution in [1.29, 1.82) is 0 Å². The van der Waals surface area contributed by atoms with Crippen LogP contribution in [0.25, 0.3) is 0 Å². The van der Waals surface area contributed by atoms with Gasteiger partial charge in [-0.3, -0.25) is 0 Å². The molecule has 1 aliphatic heterocycles. The normalized spacial score (nSPS) is 40.4. The molecule has 0 aromatic heterocycles. The molecule has 1 nitrogen and oxygen atoms in total. The molecule has 1 aliphatic carbocycles. The van der Waals surface area contributed by atoms with Crippen LogP contribution in [0.3, 0.4) is 0 Å². The summed E-state index contributed by atoms with van der Waals surface area (Å²) in [6.07, 6.45) is 10.1. The van der Waals surface area contributed by atoms with Gasteiger partial charge < -0.3 is 5.32 Å². The first kappa shape index (κ1) is 13.7. The van der Waals surface area contributed by atoms with E-state index in [1.165, 1.54) is 50.7 Å². The third kappa shape index (κ3) is 3.01. The van der Waals surface area contributed by atoms with Gasteiger partial charge in [0.1, 0.15) is 0 Å². The fourth-order valence-electron chi connectivity index (χ4n) is 4.02. The lowest BCUT2D eigenvalue weighted by Crippen LogP contribution is -2.49. The van der Waals surface area contributed by atoms with Crippen molar-refractivity contribution in [2.45, 2.75) is 69.6 Å². The second kappa shape index (κ2) is 5.97. The number of hydrogen-bond acceptors (Lipinski definition) is 2. The van der Waals surface area contributed by atoms with Gasteiger partial charge in [-0.2, -0.15) is 11.8 Å². The minimum Gasteiger partial charge on any atom is -0.315 e. The molecule has 1 saturated carbocycles. The van der Waals surface area contributed by atoms with Crippen LogP contribution in [0.4, 0.5) is 0 Å². The molecule has 2 atom stereocenters. The highest BCUT2D eigenvalue weighted by atomic mass is 32.2. The van der Waals surface area contributed by atoms with Crippen LogP contribution < -0.4 is 5.32 Å². The van der Waals surface area contributed by atoms with Gasteiger partial charge in [-0.25, -0.2) is 0 Å². The van der Waals surface area contributed by atoms with Crippen LogP contribution in [0, 0.1) is 11.8 Å². The Balaban J connectivity index is 1.95. The molecule has 0 aromatic carbocycles. The van der Waals surface area contributed by atoms with Gasteiger partial charge in [-0.1, -0.05) is 26.2 Å². The lowest BCUT2D eigenvalue weighted by molar-refractivity contribution is 0.198. The van der Waals surface area contributed by atoms with E-state index in [0.29, 0.717) is 4.75 Å². The number of hydrogen-bond donors (Lipinski definition) is 1. The third-order valence-electron chi connectivity index (χ3n) is 5.16. The van der Waals surface area contributed by atoms with E-state index in [1.54, 1.807) is 0 Å². The van der Waals surface area contributed by atoms with E-state index in [2.05, 4.69) is 38.0 Å². The largest absolute Gasteiger partial charge is 0.315 e. The minimum absolute atomic E-state index is 0.512. The van der Waals surface area contributed by atoms with Crippen molar-refractivity contribution >= 4 is 11.8 Å². The molecule has 0 bridgehead atoms. The van der Waals surface area contributed by atoms with Crippen molar-refractivity contribution in [2.75, 3.05) is 12.8 Å². The molecule has 2 fully saturated rings.